The zero-order chi connectivity index (χ0) is 26.0. The SMILES string of the molecule is CCc1ccc(CCC(=O)N(Cc2ccc(C)cc2)[C@H](Cc2ccccc2)C(=O)NC2CCCC2)cc1. The van der Waals surface area contributed by atoms with E-state index in [-0.39, 0.29) is 17.9 Å². The number of rotatable bonds is 11. The minimum atomic E-state index is -0.556. The van der Waals surface area contributed by atoms with Gasteiger partial charge < -0.3 is 10.2 Å². The number of nitrogens with zero attached hydrogens (tertiary/aromatic N) is 1. The first kappa shape index (κ1) is 26.7. The van der Waals surface area contributed by atoms with Gasteiger partial charge in [0.25, 0.3) is 0 Å². The van der Waals surface area contributed by atoms with Crippen LogP contribution < -0.4 is 5.32 Å². The first-order valence-electron chi connectivity index (χ1n) is 13.8. The molecule has 2 amide bonds. The molecule has 3 aromatic carbocycles. The van der Waals surface area contributed by atoms with Crippen molar-refractivity contribution in [1.82, 2.24) is 10.2 Å². The van der Waals surface area contributed by atoms with E-state index in [1.165, 1.54) is 11.1 Å². The Kier molecular flexibility index (Phi) is 9.53. The Balaban J connectivity index is 1.58. The van der Waals surface area contributed by atoms with Crippen LogP contribution in [0.5, 0.6) is 0 Å². The number of amides is 2. The van der Waals surface area contributed by atoms with Crippen molar-refractivity contribution in [2.75, 3.05) is 0 Å². The average molecular weight is 497 g/mol. The van der Waals surface area contributed by atoms with E-state index >= 15 is 0 Å². The Morgan fingerprint density at radius 1 is 0.838 bits per heavy atom. The summed E-state index contributed by atoms with van der Waals surface area (Å²) in [6.45, 7) is 4.62. The maximum absolute atomic E-state index is 13.8. The fourth-order valence-electron chi connectivity index (χ4n) is 5.15. The van der Waals surface area contributed by atoms with Crippen LogP contribution in [-0.4, -0.2) is 28.8 Å². The van der Waals surface area contributed by atoms with Gasteiger partial charge in [0.05, 0.1) is 0 Å². The van der Waals surface area contributed by atoms with Crippen molar-refractivity contribution in [3.63, 3.8) is 0 Å². The molecule has 0 spiro atoms. The molecule has 0 radical (unpaired) electrons. The molecule has 1 atom stereocenters. The highest BCUT2D eigenvalue weighted by molar-refractivity contribution is 5.88. The van der Waals surface area contributed by atoms with Gasteiger partial charge in [-0.15, -0.1) is 0 Å². The maximum atomic E-state index is 13.8. The van der Waals surface area contributed by atoms with Crippen molar-refractivity contribution in [1.29, 1.82) is 0 Å². The second kappa shape index (κ2) is 13.2. The summed E-state index contributed by atoms with van der Waals surface area (Å²) in [6.07, 6.45) is 6.87. The van der Waals surface area contributed by atoms with Crippen molar-refractivity contribution in [3.8, 4) is 0 Å². The van der Waals surface area contributed by atoms with E-state index in [2.05, 4.69) is 67.7 Å². The molecular weight excluding hydrogens is 456 g/mol. The maximum Gasteiger partial charge on any atom is 0.243 e. The lowest BCUT2D eigenvalue weighted by atomic mass is 10.0. The summed E-state index contributed by atoms with van der Waals surface area (Å²) in [7, 11) is 0. The summed E-state index contributed by atoms with van der Waals surface area (Å²) >= 11 is 0. The van der Waals surface area contributed by atoms with E-state index in [4.69, 9.17) is 0 Å². The third-order valence-electron chi connectivity index (χ3n) is 7.50. The highest BCUT2D eigenvalue weighted by Gasteiger charge is 2.32. The first-order valence-corrected chi connectivity index (χ1v) is 13.8. The Morgan fingerprint density at radius 2 is 1.46 bits per heavy atom. The minimum absolute atomic E-state index is 0.0163. The first-order chi connectivity index (χ1) is 18.0. The van der Waals surface area contributed by atoms with Crippen LogP contribution in [0, 0.1) is 6.92 Å². The van der Waals surface area contributed by atoms with Crippen molar-refractivity contribution in [3.05, 3.63) is 107 Å². The van der Waals surface area contributed by atoms with E-state index in [9.17, 15) is 9.59 Å². The third-order valence-corrected chi connectivity index (χ3v) is 7.50. The molecule has 0 saturated heterocycles. The predicted molar refractivity (Wildman–Crippen MR) is 150 cm³/mol. The lowest BCUT2D eigenvalue weighted by Gasteiger charge is -2.32. The van der Waals surface area contributed by atoms with E-state index in [0.29, 0.717) is 25.8 Å². The van der Waals surface area contributed by atoms with Crippen LogP contribution >= 0.6 is 0 Å². The van der Waals surface area contributed by atoms with Gasteiger partial charge in [-0.1, -0.05) is 104 Å². The summed E-state index contributed by atoms with van der Waals surface area (Å²) in [5, 5.41) is 3.28. The van der Waals surface area contributed by atoms with Gasteiger partial charge in [0.2, 0.25) is 11.8 Å². The lowest BCUT2D eigenvalue weighted by Crippen LogP contribution is -2.52. The Hall–Kier alpha value is -3.40. The Bertz CT molecular complexity index is 1130. The number of hydrogen-bond donors (Lipinski definition) is 1. The van der Waals surface area contributed by atoms with E-state index in [1.807, 2.05) is 35.2 Å². The molecule has 1 aliphatic rings. The molecule has 1 N–H and O–H groups in total. The molecule has 0 bridgehead atoms. The molecule has 0 unspecified atom stereocenters. The van der Waals surface area contributed by atoms with E-state index in [1.54, 1.807) is 0 Å². The lowest BCUT2D eigenvalue weighted by molar-refractivity contribution is -0.141. The van der Waals surface area contributed by atoms with Crippen LogP contribution in [0.2, 0.25) is 0 Å². The number of carbonyl (C=O) groups excluding carboxylic acids is 2. The van der Waals surface area contributed by atoms with E-state index < -0.39 is 6.04 Å². The molecule has 0 aliphatic heterocycles. The Morgan fingerprint density at radius 3 is 2.11 bits per heavy atom. The number of nitrogens with one attached hydrogen (secondary N) is 1. The fraction of sp³-hybridized carbons (Fsp3) is 0.394. The number of aryl methyl sites for hydroxylation is 3. The second-order valence-corrected chi connectivity index (χ2v) is 10.4. The van der Waals surface area contributed by atoms with Crippen molar-refractivity contribution in [2.24, 2.45) is 0 Å². The third kappa shape index (κ3) is 7.79. The van der Waals surface area contributed by atoms with Gasteiger partial charge in [-0.25, -0.2) is 0 Å². The smallest absolute Gasteiger partial charge is 0.243 e. The molecule has 37 heavy (non-hydrogen) atoms. The van der Waals surface area contributed by atoms with Gasteiger partial charge in [-0.3, -0.25) is 9.59 Å². The molecule has 4 nitrogen and oxygen atoms in total. The van der Waals surface area contributed by atoms with Crippen LogP contribution in [0.25, 0.3) is 0 Å². The molecular formula is C33H40N2O2. The molecule has 1 fully saturated rings. The molecule has 4 rings (SSSR count). The number of benzene rings is 3. The fourth-order valence-corrected chi connectivity index (χ4v) is 5.15. The average Bonchev–Trinajstić information content (AvgIpc) is 3.44. The predicted octanol–water partition coefficient (Wildman–Crippen LogP) is 6.19. The largest absolute Gasteiger partial charge is 0.352 e. The molecule has 194 valence electrons. The minimum Gasteiger partial charge on any atom is -0.352 e. The van der Waals surface area contributed by atoms with Crippen molar-refractivity contribution in [2.45, 2.75) is 83.8 Å². The second-order valence-electron chi connectivity index (χ2n) is 10.4. The Labute approximate surface area is 222 Å². The summed E-state index contributed by atoms with van der Waals surface area (Å²) in [6, 6.07) is 26.5. The quantitative estimate of drug-likeness (QED) is 0.344. The highest BCUT2D eigenvalue weighted by atomic mass is 16.2. The van der Waals surface area contributed by atoms with Crippen LogP contribution in [-0.2, 0) is 35.4 Å². The summed E-state index contributed by atoms with van der Waals surface area (Å²) in [4.78, 5) is 29.4. The zero-order valence-electron chi connectivity index (χ0n) is 22.3. The van der Waals surface area contributed by atoms with Crippen LogP contribution in [0.1, 0.15) is 66.8 Å². The van der Waals surface area contributed by atoms with Gasteiger partial charge in [-0.05, 0) is 54.9 Å². The van der Waals surface area contributed by atoms with Gasteiger partial charge in [-0.2, -0.15) is 0 Å². The molecule has 0 aromatic heterocycles. The molecule has 3 aromatic rings. The number of carbonyl (C=O) groups is 2. The topological polar surface area (TPSA) is 49.4 Å². The summed E-state index contributed by atoms with van der Waals surface area (Å²) < 4.78 is 0. The monoisotopic (exact) mass is 496 g/mol. The molecule has 1 saturated carbocycles. The number of hydrogen-bond acceptors (Lipinski definition) is 2. The standard InChI is InChI=1S/C33H40N2O2/c1-3-26-17-19-27(20-18-26)21-22-32(36)35(24-29-15-13-25(2)14-16-29)31(23-28-9-5-4-6-10-28)33(37)34-30-11-7-8-12-30/h4-6,9-10,13-20,30-31H,3,7-8,11-12,21-24H2,1-2H3,(H,34,37)/t31-/m1/s1. The van der Waals surface area contributed by atoms with Crippen LogP contribution in [0.3, 0.4) is 0 Å². The van der Waals surface area contributed by atoms with Crippen LogP contribution in [0.15, 0.2) is 78.9 Å². The van der Waals surface area contributed by atoms with Gasteiger partial charge >= 0.3 is 0 Å². The van der Waals surface area contributed by atoms with Crippen LogP contribution in [0.4, 0.5) is 0 Å². The molecule has 0 heterocycles. The van der Waals surface area contributed by atoms with Gasteiger partial charge in [0, 0.05) is 25.4 Å². The summed E-state index contributed by atoms with van der Waals surface area (Å²) in [5.74, 6) is -0.0221. The highest BCUT2D eigenvalue weighted by Crippen LogP contribution is 2.21. The van der Waals surface area contributed by atoms with E-state index in [0.717, 1.165) is 48.8 Å². The van der Waals surface area contributed by atoms with Crippen molar-refractivity contribution < 1.29 is 9.59 Å². The van der Waals surface area contributed by atoms with Crippen molar-refractivity contribution >= 4 is 11.8 Å². The van der Waals surface area contributed by atoms with Gasteiger partial charge in [0.15, 0.2) is 0 Å². The normalized spacial score (nSPS) is 14.3. The summed E-state index contributed by atoms with van der Waals surface area (Å²) in [5.41, 5.74) is 5.72. The zero-order valence-corrected chi connectivity index (χ0v) is 22.3. The molecule has 4 heteroatoms. The molecule has 1 aliphatic carbocycles. The van der Waals surface area contributed by atoms with Gasteiger partial charge in [0.1, 0.15) is 6.04 Å².